The molecule has 0 saturated heterocycles. The van der Waals surface area contributed by atoms with E-state index in [9.17, 15) is 0 Å². The lowest BCUT2D eigenvalue weighted by Gasteiger charge is -2.13. The van der Waals surface area contributed by atoms with E-state index in [1.54, 1.807) is 11.3 Å². The number of nitrogens with zero attached hydrogens (tertiary/aromatic N) is 2. The van der Waals surface area contributed by atoms with Gasteiger partial charge in [-0.2, -0.15) is 5.10 Å². The maximum atomic E-state index is 5.65. The van der Waals surface area contributed by atoms with E-state index >= 15 is 0 Å². The zero-order chi connectivity index (χ0) is 13.1. The number of nitrogens with two attached hydrogens (primary N) is 1. The first-order chi connectivity index (χ1) is 8.61. The minimum atomic E-state index is 0.160. The van der Waals surface area contributed by atoms with Gasteiger partial charge in [0.2, 0.25) is 0 Å². The number of hydrogen-bond donors (Lipinski definition) is 2. The topological polar surface area (TPSA) is 55.9 Å². The van der Waals surface area contributed by atoms with E-state index in [4.69, 9.17) is 5.84 Å². The SMILES string of the molecule is Cn1nccc1CCC(NN)c1cc(Br)c(Br)s1. The molecule has 0 aliphatic heterocycles. The summed E-state index contributed by atoms with van der Waals surface area (Å²) in [5.74, 6) is 5.65. The van der Waals surface area contributed by atoms with Crippen LogP contribution in [0.5, 0.6) is 0 Å². The number of thiophene rings is 1. The lowest BCUT2D eigenvalue weighted by Crippen LogP contribution is -2.27. The first-order valence-electron chi connectivity index (χ1n) is 5.49. The highest BCUT2D eigenvalue weighted by atomic mass is 79.9. The second-order valence-electron chi connectivity index (χ2n) is 3.97. The standard InChI is InChI=1S/C11H14Br2N4S/c1-17-7(4-5-15-17)2-3-9(16-14)10-6-8(12)11(13)18-10/h4-6,9,16H,2-3,14H2,1H3. The maximum absolute atomic E-state index is 5.65. The van der Waals surface area contributed by atoms with Crippen LogP contribution in [0.4, 0.5) is 0 Å². The van der Waals surface area contributed by atoms with Gasteiger partial charge in [0.05, 0.1) is 9.83 Å². The van der Waals surface area contributed by atoms with E-state index in [-0.39, 0.29) is 6.04 Å². The van der Waals surface area contributed by atoms with Crippen molar-refractivity contribution >= 4 is 43.2 Å². The molecule has 2 heterocycles. The Hall–Kier alpha value is -0.210. The molecule has 2 rings (SSSR count). The van der Waals surface area contributed by atoms with Crippen LogP contribution in [0.1, 0.15) is 23.0 Å². The summed E-state index contributed by atoms with van der Waals surface area (Å²) in [5.41, 5.74) is 4.09. The van der Waals surface area contributed by atoms with Gasteiger partial charge >= 0.3 is 0 Å². The predicted molar refractivity (Wildman–Crippen MR) is 81.3 cm³/mol. The molecule has 4 nitrogen and oxygen atoms in total. The van der Waals surface area contributed by atoms with Crippen LogP contribution in [0.2, 0.25) is 0 Å². The van der Waals surface area contributed by atoms with Crippen LogP contribution in [0.15, 0.2) is 26.6 Å². The smallest absolute Gasteiger partial charge is 0.0843 e. The molecule has 0 aliphatic rings. The summed E-state index contributed by atoms with van der Waals surface area (Å²) in [6.07, 6.45) is 3.70. The van der Waals surface area contributed by atoms with Crippen LogP contribution in [0.25, 0.3) is 0 Å². The third kappa shape index (κ3) is 3.21. The lowest BCUT2D eigenvalue weighted by atomic mass is 10.1. The highest BCUT2D eigenvalue weighted by Gasteiger charge is 2.15. The highest BCUT2D eigenvalue weighted by molar-refractivity contribution is 9.13. The number of nitrogens with one attached hydrogen (secondary N) is 1. The van der Waals surface area contributed by atoms with Crippen molar-refractivity contribution in [1.29, 1.82) is 0 Å². The van der Waals surface area contributed by atoms with Gasteiger partial charge in [0.1, 0.15) is 0 Å². The van der Waals surface area contributed by atoms with Crippen molar-refractivity contribution in [1.82, 2.24) is 15.2 Å². The summed E-state index contributed by atoms with van der Waals surface area (Å²) in [4.78, 5) is 1.22. The predicted octanol–water partition coefficient (Wildman–Crippen LogP) is 3.14. The number of halogens is 2. The van der Waals surface area contributed by atoms with Gasteiger partial charge in [0, 0.05) is 28.3 Å². The molecule has 0 radical (unpaired) electrons. The van der Waals surface area contributed by atoms with Gasteiger partial charge in [-0.1, -0.05) is 0 Å². The van der Waals surface area contributed by atoms with Gasteiger partial charge in [-0.05, 0) is 56.8 Å². The normalized spacial score (nSPS) is 12.9. The second kappa shape index (κ2) is 6.29. The molecule has 0 spiro atoms. The second-order valence-corrected chi connectivity index (χ2v) is 7.23. The third-order valence-corrected chi connectivity index (χ3v) is 6.19. The Morgan fingerprint density at radius 1 is 1.56 bits per heavy atom. The van der Waals surface area contributed by atoms with Gasteiger partial charge in [0.25, 0.3) is 0 Å². The molecule has 2 aromatic heterocycles. The average Bonchev–Trinajstić information content (AvgIpc) is 2.88. The van der Waals surface area contributed by atoms with Crippen molar-refractivity contribution < 1.29 is 0 Å². The Labute approximate surface area is 127 Å². The molecular weight excluding hydrogens is 380 g/mol. The van der Waals surface area contributed by atoms with Crippen LogP contribution in [0.3, 0.4) is 0 Å². The van der Waals surface area contributed by atoms with E-state index in [1.807, 2.05) is 24.0 Å². The minimum Gasteiger partial charge on any atom is -0.273 e. The summed E-state index contributed by atoms with van der Waals surface area (Å²) in [5, 5.41) is 4.16. The van der Waals surface area contributed by atoms with Crippen molar-refractivity contribution in [2.45, 2.75) is 18.9 Å². The Morgan fingerprint density at radius 2 is 2.33 bits per heavy atom. The number of hydrogen-bond acceptors (Lipinski definition) is 4. The molecule has 0 fully saturated rings. The van der Waals surface area contributed by atoms with E-state index < -0.39 is 0 Å². The Morgan fingerprint density at radius 3 is 2.83 bits per heavy atom. The summed E-state index contributed by atoms with van der Waals surface area (Å²) < 4.78 is 4.06. The van der Waals surface area contributed by atoms with Crippen LogP contribution >= 0.6 is 43.2 Å². The molecule has 3 N–H and O–H groups in total. The number of aryl methyl sites for hydroxylation is 2. The molecule has 1 unspecified atom stereocenters. The van der Waals surface area contributed by atoms with E-state index in [1.165, 1.54) is 10.6 Å². The molecule has 0 bridgehead atoms. The first-order valence-corrected chi connectivity index (χ1v) is 7.89. The Bertz CT molecular complexity index is 503. The lowest BCUT2D eigenvalue weighted by molar-refractivity contribution is 0.514. The Balaban J connectivity index is 2.04. The fourth-order valence-corrected chi connectivity index (χ4v) is 3.97. The van der Waals surface area contributed by atoms with Gasteiger partial charge in [-0.25, -0.2) is 0 Å². The van der Waals surface area contributed by atoms with Crippen molar-refractivity contribution in [3.8, 4) is 0 Å². The minimum absolute atomic E-state index is 0.160. The fraction of sp³-hybridized carbons (Fsp3) is 0.364. The molecule has 7 heteroatoms. The monoisotopic (exact) mass is 392 g/mol. The summed E-state index contributed by atoms with van der Waals surface area (Å²) in [7, 11) is 1.96. The fourth-order valence-electron chi connectivity index (χ4n) is 1.78. The van der Waals surface area contributed by atoms with E-state index in [0.29, 0.717) is 0 Å². The molecule has 98 valence electrons. The van der Waals surface area contributed by atoms with Crippen molar-refractivity contribution in [2.75, 3.05) is 0 Å². The number of aromatic nitrogens is 2. The number of hydrazine groups is 1. The third-order valence-electron chi connectivity index (χ3n) is 2.82. The van der Waals surface area contributed by atoms with Crippen molar-refractivity contribution in [3.63, 3.8) is 0 Å². The molecular formula is C11H14Br2N4S. The zero-order valence-electron chi connectivity index (χ0n) is 9.86. The highest BCUT2D eigenvalue weighted by Crippen LogP contribution is 2.36. The van der Waals surface area contributed by atoms with Crippen LogP contribution in [0, 0.1) is 0 Å². The van der Waals surface area contributed by atoms with Gasteiger partial charge < -0.3 is 0 Å². The molecule has 0 saturated carbocycles. The largest absolute Gasteiger partial charge is 0.273 e. The molecule has 18 heavy (non-hydrogen) atoms. The van der Waals surface area contributed by atoms with Crippen LogP contribution in [-0.4, -0.2) is 9.78 Å². The summed E-state index contributed by atoms with van der Waals surface area (Å²) in [6, 6.07) is 4.29. The van der Waals surface area contributed by atoms with Crippen LogP contribution in [-0.2, 0) is 13.5 Å². The average molecular weight is 394 g/mol. The summed E-state index contributed by atoms with van der Waals surface area (Å²) in [6.45, 7) is 0. The Kier molecular flexibility index (Phi) is 4.97. The summed E-state index contributed by atoms with van der Waals surface area (Å²) >= 11 is 8.69. The van der Waals surface area contributed by atoms with Gasteiger partial charge in [0.15, 0.2) is 0 Å². The van der Waals surface area contributed by atoms with Crippen molar-refractivity contribution in [3.05, 3.63) is 37.2 Å². The van der Waals surface area contributed by atoms with E-state index in [2.05, 4.69) is 48.5 Å². The molecule has 0 aliphatic carbocycles. The first kappa shape index (κ1) is 14.2. The van der Waals surface area contributed by atoms with Crippen molar-refractivity contribution in [2.24, 2.45) is 12.9 Å². The molecule has 1 atom stereocenters. The molecule has 0 amide bonds. The molecule has 2 aromatic rings. The number of rotatable bonds is 5. The van der Waals surface area contributed by atoms with Gasteiger partial charge in [-0.3, -0.25) is 16.0 Å². The van der Waals surface area contributed by atoms with Gasteiger partial charge in [-0.15, -0.1) is 11.3 Å². The van der Waals surface area contributed by atoms with E-state index in [0.717, 1.165) is 21.1 Å². The quantitative estimate of drug-likeness (QED) is 0.606. The zero-order valence-corrected chi connectivity index (χ0v) is 13.8. The maximum Gasteiger partial charge on any atom is 0.0843 e. The molecule has 0 aromatic carbocycles. The van der Waals surface area contributed by atoms with Crippen LogP contribution < -0.4 is 11.3 Å².